The first-order chi connectivity index (χ1) is 6.18. The molecule has 0 unspecified atom stereocenters. The Balaban J connectivity index is 2.02. The van der Waals surface area contributed by atoms with Crippen LogP contribution in [0, 0.1) is 0 Å². The Labute approximate surface area is 81.7 Å². The smallest absolute Gasteiger partial charge is 0.0101 e. The van der Waals surface area contributed by atoms with Crippen LogP contribution in [0.3, 0.4) is 0 Å². The highest BCUT2D eigenvalue weighted by Crippen LogP contribution is 2.16. The Hall–Kier alpha value is -0.120. The molecule has 3 nitrogen and oxygen atoms in total. The van der Waals surface area contributed by atoms with E-state index in [0.29, 0.717) is 6.04 Å². The number of hydrogen-bond donors (Lipinski definition) is 2. The molecule has 13 heavy (non-hydrogen) atoms. The van der Waals surface area contributed by atoms with Crippen molar-refractivity contribution in [3.8, 4) is 0 Å². The van der Waals surface area contributed by atoms with E-state index >= 15 is 0 Å². The van der Waals surface area contributed by atoms with Gasteiger partial charge in [0, 0.05) is 25.2 Å². The zero-order chi connectivity index (χ0) is 9.68. The summed E-state index contributed by atoms with van der Waals surface area (Å²) in [5.74, 6) is 0. The minimum atomic E-state index is 0.465. The van der Waals surface area contributed by atoms with E-state index in [4.69, 9.17) is 5.73 Å². The summed E-state index contributed by atoms with van der Waals surface area (Å²) in [7, 11) is 4.22. The Morgan fingerprint density at radius 1 is 1.23 bits per heavy atom. The topological polar surface area (TPSA) is 41.3 Å². The van der Waals surface area contributed by atoms with E-state index in [1.807, 2.05) is 0 Å². The molecule has 0 radical (unpaired) electrons. The molecule has 0 heterocycles. The Kier molecular flexibility index (Phi) is 4.70. The van der Waals surface area contributed by atoms with Crippen LogP contribution in [0.1, 0.15) is 25.7 Å². The van der Waals surface area contributed by atoms with E-state index in [1.54, 1.807) is 0 Å². The van der Waals surface area contributed by atoms with Gasteiger partial charge in [0.2, 0.25) is 0 Å². The van der Waals surface area contributed by atoms with Gasteiger partial charge in [-0.2, -0.15) is 0 Å². The minimum absolute atomic E-state index is 0.465. The molecule has 1 fully saturated rings. The second-order valence-corrected chi connectivity index (χ2v) is 4.37. The summed E-state index contributed by atoms with van der Waals surface area (Å²) in [6.45, 7) is 2.23. The molecule has 1 aliphatic carbocycles. The molecule has 0 amide bonds. The highest BCUT2D eigenvalue weighted by atomic mass is 15.1. The van der Waals surface area contributed by atoms with Crippen molar-refractivity contribution in [3.63, 3.8) is 0 Å². The predicted octanol–water partition coefficient (Wildman–Crippen LogP) is 0.408. The van der Waals surface area contributed by atoms with Gasteiger partial charge in [0.15, 0.2) is 0 Å². The zero-order valence-electron chi connectivity index (χ0n) is 8.92. The van der Waals surface area contributed by atoms with E-state index in [-0.39, 0.29) is 0 Å². The second kappa shape index (κ2) is 5.58. The van der Waals surface area contributed by atoms with E-state index < -0.39 is 0 Å². The van der Waals surface area contributed by atoms with Crippen molar-refractivity contribution in [1.82, 2.24) is 10.2 Å². The van der Waals surface area contributed by atoms with Crippen molar-refractivity contribution in [2.45, 2.75) is 37.8 Å². The molecule has 0 spiro atoms. The van der Waals surface area contributed by atoms with Crippen LogP contribution in [-0.4, -0.2) is 44.2 Å². The fraction of sp³-hybridized carbons (Fsp3) is 1.00. The van der Waals surface area contributed by atoms with Crippen molar-refractivity contribution >= 4 is 0 Å². The van der Waals surface area contributed by atoms with Crippen LogP contribution < -0.4 is 11.1 Å². The zero-order valence-corrected chi connectivity index (χ0v) is 8.92. The number of rotatable bonds is 4. The lowest BCUT2D eigenvalue weighted by atomic mass is 9.92. The fourth-order valence-electron chi connectivity index (χ4n) is 1.82. The van der Waals surface area contributed by atoms with E-state index in [0.717, 1.165) is 19.1 Å². The van der Waals surface area contributed by atoms with Crippen LogP contribution in [0.15, 0.2) is 0 Å². The molecular weight excluding hydrogens is 162 g/mol. The van der Waals surface area contributed by atoms with Gasteiger partial charge in [-0.05, 0) is 39.8 Å². The number of nitrogens with two attached hydrogens (primary N) is 1. The monoisotopic (exact) mass is 185 g/mol. The third-order valence-electron chi connectivity index (χ3n) is 2.76. The summed E-state index contributed by atoms with van der Waals surface area (Å²) < 4.78 is 0. The van der Waals surface area contributed by atoms with E-state index in [9.17, 15) is 0 Å². The minimum Gasteiger partial charge on any atom is -0.328 e. The maximum absolute atomic E-state index is 5.84. The third kappa shape index (κ3) is 4.60. The standard InChI is InChI=1S/C10H23N3/c1-13(2)8-7-12-10-5-3-9(11)4-6-10/h9-10,12H,3-8,11H2,1-2H3. The molecular formula is C10H23N3. The van der Waals surface area contributed by atoms with Gasteiger partial charge in [0.25, 0.3) is 0 Å². The quantitative estimate of drug-likeness (QED) is 0.666. The van der Waals surface area contributed by atoms with Gasteiger partial charge >= 0.3 is 0 Å². The third-order valence-corrected chi connectivity index (χ3v) is 2.76. The van der Waals surface area contributed by atoms with Gasteiger partial charge in [-0.15, -0.1) is 0 Å². The summed E-state index contributed by atoms with van der Waals surface area (Å²) in [5.41, 5.74) is 5.84. The van der Waals surface area contributed by atoms with Gasteiger partial charge in [-0.3, -0.25) is 0 Å². The normalized spacial score (nSPS) is 29.5. The Bertz CT molecular complexity index is 128. The molecule has 1 aliphatic rings. The first kappa shape index (κ1) is 11.0. The van der Waals surface area contributed by atoms with Crippen molar-refractivity contribution in [1.29, 1.82) is 0 Å². The number of hydrogen-bond acceptors (Lipinski definition) is 3. The SMILES string of the molecule is CN(C)CCNC1CCC(N)CC1. The maximum Gasteiger partial charge on any atom is 0.0101 e. The van der Waals surface area contributed by atoms with Crippen molar-refractivity contribution in [3.05, 3.63) is 0 Å². The lowest BCUT2D eigenvalue weighted by Crippen LogP contribution is -2.39. The maximum atomic E-state index is 5.84. The molecule has 0 saturated heterocycles. The molecule has 1 saturated carbocycles. The van der Waals surface area contributed by atoms with Crippen molar-refractivity contribution in [2.75, 3.05) is 27.2 Å². The van der Waals surface area contributed by atoms with Crippen LogP contribution >= 0.6 is 0 Å². The summed E-state index contributed by atoms with van der Waals surface area (Å²) in [5, 5.41) is 3.58. The first-order valence-corrected chi connectivity index (χ1v) is 5.32. The highest BCUT2D eigenvalue weighted by Gasteiger charge is 2.17. The summed E-state index contributed by atoms with van der Waals surface area (Å²) >= 11 is 0. The molecule has 0 aromatic rings. The van der Waals surface area contributed by atoms with Gasteiger partial charge in [-0.25, -0.2) is 0 Å². The Morgan fingerprint density at radius 2 is 1.85 bits per heavy atom. The van der Waals surface area contributed by atoms with Crippen molar-refractivity contribution < 1.29 is 0 Å². The van der Waals surface area contributed by atoms with Crippen molar-refractivity contribution in [2.24, 2.45) is 5.73 Å². The summed E-state index contributed by atoms with van der Waals surface area (Å²) in [4.78, 5) is 2.21. The van der Waals surface area contributed by atoms with Gasteiger partial charge in [0.05, 0.1) is 0 Å². The van der Waals surface area contributed by atoms with Crippen LogP contribution in [-0.2, 0) is 0 Å². The van der Waals surface area contributed by atoms with Crippen LogP contribution in [0.2, 0.25) is 0 Å². The van der Waals surface area contributed by atoms with Gasteiger partial charge < -0.3 is 16.0 Å². The van der Waals surface area contributed by atoms with Crippen LogP contribution in [0.5, 0.6) is 0 Å². The number of likely N-dealkylation sites (N-methyl/N-ethyl adjacent to an activating group) is 1. The molecule has 1 rings (SSSR count). The molecule has 0 aromatic heterocycles. The highest BCUT2D eigenvalue weighted by molar-refractivity contribution is 4.78. The number of nitrogens with one attached hydrogen (secondary N) is 1. The summed E-state index contributed by atoms with van der Waals surface area (Å²) in [6.07, 6.45) is 4.91. The predicted molar refractivity (Wildman–Crippen MR) is 56.8 cm³/mol. The Morgan fingerprint density at radius 3 is 2.38 bits per heavy atom. The van der Waals surface area contributed by atoms with E-state index in [2.05, 4.69) is 24.3 Å². The lowest BCUT2D eigenvalue weighted by molar-refractivity contribution is 0.322. The van der Waals surface area contributed by atoms with E-state index in [1.165, 1.54) is 25.7 Å². The van der Waals surface area contributed by atoms with Crippen LogP contribution in [0.4, 0.5) is 0 Å². The fourth-order valence-corrected chi connectivity index (χ4v) is 1.82. The lowest BCUT2D eigenvalue weighted by Gasteiger charge is -2.27. The molecule has 0 aromatic carbocycles. The summed E-state index contributed by atoms with van der Waals surface area (Å²) in [6, 6.07) is 1.19. The molecule has 0 bridgehead atoms. The number of nitrogens with zero attached hydrogens (tertiary/aromatic N) is 1. The molecule has 0 aliphatic heterocycles. The second-order valence-electron chi connectivity index (χ2n) is 4.37. The molecule has 3 N–H and O–H groups in total. The molecule has 78 valence electrons. The molecule has 0 atom stereocenters. The average Bonchev–Trinajstić information content (AvgIpc) is 2.08. The first-order valence-electron chi connectivity index (χ1n) is 5.32. The largest absolute Gasteiger partial charge is 0.328 e. The van der Waals surface area contributed by atoms with Gasteiger partial charge in [-0.1, -0.05) is 0 Å². The average molecular weight is 185 g/mol. The van der Waals surface area contributed by atoms with Crippen LogP contribution in [0.25, 0.3) is 0 Å². The molecule has 3 heteroatoms. The van der Waals surface area contributed by atoms with Gasteiger partial charge in [0.1, 0.15) is 0 Å².